The highest BCUT2D eigenvalue weighted by Gasteiger charge is 2.56. The molecular formula is C34H30O4. The molecule has 0 saturated heterocycles. The van der Waals surface area contributed by atoms with Gasteiger partial charge in [0.15, 0.2) is 0 Å². The van der Waals surface area contributed by atoms with Crippen LogP contribution < -0.4 is 0 Å². The standard InChI is InChI=1S/C34H30O4/c1-23-20-28-27(26-16-9-4-10-17-26)18-11-19-29(28)34(23,30(32(35)36)21-24-12-5-2-6-13-24)31(33(37)38)22-25-14-7-3-8-15-25/h2-20,30-31H,21-22H2,1H3,(H,35,36)(H,37,38). The van der Waals surface area contributed by atoms with Crippen LogP contribution in [0.1, 0.15) is 29.2 Å². The number of allylic oxidation sites excluding steroid dienone is 1. The summed E-state index contributed by atoms with van der Waals surface area (Å²) in [6.45, 7) is 1.90. The van der Waals surface area contributed by atoms with Gasteiger partial charge in [-0.25, -0.2) is 0 Å². The van der Waals surface area contributed by atoms with Gasteiger partial charge in [-0.15, -0.1) is 0 Å². The number of aliphatic carboxylic acids is 2. The lowest BCUT2D eigenvalue weighted by Gasteiger charge is -2.43. The van der Waals surface area contributed by atoms with Crippen LogP contribution in [0, 0.1) is 11.8 Å². The monoisotopic (exact) mass is 502 g/mol. The fraction of sp³-hybridized carbons (Fsp3) is 0.176. The topological polar surface area (TPSA) is 74.6 Å². The zero-order valence-corrected chi connectivity index (χ0v) is 21.2. The molecule has 4 nitrogen and oxygen atoms in total. The van der Waals surface area contributed by atoms with Crippen molar-refractivity contribution in [1.29, 1.82) is 0 Å². The number of hydrogen-bond acceptors (Lipinski definition) is 2. The van der Waals surface area contributed by atoms with Gasteiger partial charge >= 0.3 is 11.9 Å². The molecule has 0 heterocycles. The smallest absolute Gasteiger partial charge is 0.308 e. The highest BCUT2D eigenvalue weighted by atomic mass is 16.4. The van der Waals surface area contributed by atoms with Crippen molar-refractivity contribution in [1.82, 2.24) is 0 Å². The Morgan fingerprint density at radius 2 is 1.13 bits per heavy atom. The molecule has 0 saturated carbocycles. The lowest BCUT2D eigenvalue weighted by Crippen LogP contribution is -2.50. The molecule has 2 N–H and O–H groups in total. The van der Waals surface area contributed by atoms with Gasteiger partial charge in [-0.3, -0.25) is 9.59 Å². The third-order valence-corrected chi connectivity index (χ3v) is 7.91. The van der Waals surface area contributed by atoms with Crippen LogP contribution in [0.3, 0.4) is 0 Å². The molecule has 0 aromatic heterocycles. The molecule has 2 atom stereocenters. The van der Waals surface area contributed by atoms with Crippen LogP contribution in [0.5, 0.6) is 0 Å². The number of carbonyl (C=O) groups is 2. The van der Waals surface area contributed by atoms with Crippen molar-refractivity contribution < 1.29 is 19.8 Å². The molecule has 0 fully saturated rings. The molecule has 190 valence electrons. The minimum atomic E-state index is -1.25. The van der Waals surface area contributed by atoms with Gasteiger partial charge in [0.2, 0.25) is 0 Å². The summed E-state index contributed by atoms with van der Waals surface area (Å²) in [7, 11) is 0. The van der Waals surface area contributed by atoms with E-state index in [1.165, 1.54) is 0 Å². The molecule has 0 spiro atoms. The normalized spacial score (nSPS) is 17.8. The minimum absolute atomic E-state index is 0.217. The Hall–Kier alpha value is -4.44. The molecule has 4 aromatic carbocycles. The van der Waals surface area contributed by atoms with E-state index in [0.29, 0.717) is 0 Å². The average Bonchev–Trinajstić information content (AvgIpc) is 3.23. The Labute approximate surface area is 222 Å². The predicted octanol–water partition coefficient (Wildman–Crippen LogP) is 6.90. The summed E-state index contributed by atoms with van der Waals surface area (Å²) >= 11 is 0. The molecule has 38 heavy (non-hydrogen) atoms. The summed E-state index contributed by atoms with van der Waals surface area (Å²) in [4.78, 5) is 26.3. The van der Waals surface area contributed by atoms with E-state index >= 15 is 0 Å². The lowest BCUT2D eigenvalue weighted by molar-refractivity contribution is -0.150. The van der Waals surface area contributed by atoms with E-state index in [1.807, 2.05) is 122 Å². The molecule has 4 heteroatoms. The number of benzene rings is 4. The van der Waals surface area contributed by atoms with E-state index in [4.69, 9.17) is 0 Å². The summed E-state index contributed by atoms with van der Waals surface area (Å²) in [5, 5.41) is 21.5. The highest BCUT2D eigenvalue weighted by molar-refractivity contribution is 5.89. The second-order valence-corrected chi connectivity index (χ2v) is 9.99. The first-order valence-corrected chi connectivity index (χ1v) is 12.8. The fourth-order valence-corrected chi connectivity index (χ4v) is 6.25. The van der Waals surface area contributed by atoms with Crippen LogP contribution in [0.2, 0.25) is 0 Å². The van der Waals surface area contributed by atoms with Gasteiger partial charge in [0.25, 0.3) is 0 Å². The van der Waals surface area contributed by atoms with E-state index in [-0.39, 0.29) is 12.8 Å². The molecule has 0 radical (unpaired) electrons. The summed E-state index contributed by atoms with van der Waals surface area (Å²) in [6, 6.07) is 34.8. The van der Waals surface area contributed by atoms with Crippen molar-refractivity contribution in [2.75, 3.05) is 0 Å². The van der Waals surface area contributed by atoms with E-state index in [2.05, 4.69) is 0 Å². The van der Waals surface area contributed by atoms with Crippen LogP contribution in [0.15, 0.2) is 115 Å². The summed E-state index contributed by atoms with van der Waals surface area (Å²) in [5.41, 5.74) is 4.89. The van der Waals surface area contributed by atoms with Crippen LogP contribution in [-0.2, 0) is 27.8 Å². The van der Waals surface area contributed by atoms with Crippen molar-refractivity contribution in [3.05, 3.63) is 137 Å². The van der Waals surface area contributed by atoms with Crippen LogP contribution >= 0.6 is 0 Å². The first kappa shape index (κ1) is 25.2. The van der Waals surface area contributed by atoms with Crippen molar-refractivity contribution in [2.45, 2.75) is 25.2 Å². The first-order valence-electron chi connectivity index (χ1n) is 12.8. The van der Waals surface area contributed by atoms with E-state index in [1.54, 1.807) is 0 Å². The molecule has 0 aliphatic heterocycles. The third-order valence-electron chi connectivity index (χ3n) is 7.91. The molecule has 4 aromatic rings. The minimum Gasteiger partial charge on any atom is -0.481 e. The van der Waals surface area contributed by atoms with Gasteiger partial charge in [-0.2, -0.15) is 0 Å². The lowest BCUT2D eigenvalue weighted by atomic mass is 9.57. The Bertz CT molecular complexity index is 1410. The van der Waals surface area contributed by atoms with Crippen molar-refractivity contribution in [3.63, 3.8) is 0 Å². The Balaban J connectivity index is 1.77. The molecule has 0 amide bonds. The van der Waals surface area contributed by atoms with E-state index in [0.717, 1.165) is 39.0 Å². The van der Waals surface area contributed by atoms with E-state index in [9.17, 15) is 19.8 Å². The quantitative estimate of drug-likeness (QED) is 0.261. The van der Waals surface area contributed by atoms with Gasteiger partial charge in [0.1, 0.15) is 0 Å². The zero-order chi connectivity index (χ0) is 26.7. The van der Waals surface area contributed by atoms with E-state index < -0.39 is 29.2 Å². The number of carboxylic acid groups (broad SMARTS) is 2. The van der Waals surface area contributed by atoms with Crippen LogP contribution in [0.4, 0.5) is 0 Å². The predicted molar refractivity (Wildman–Crippen MR) is 150 cm³/mol. The molecule has 1 aliphatic rings. The summed E-state index contributed by atoms with van der Waals surface area (Å²) < 4.78 is 0. The number of fused-ring (bicyclic) bond motifs is 1. The molecule has 1 aliphatic carbocycles. The number of carboxylic acids is 2. The molecule has 5 rings (SSSR count). The molecular weight excluding hydrogens is 472 g/mol. The van der Waals surface area contributed by atoms with Crippen molar-refractivity contribution in [2.24, 2.45) is 11.8 Å². The fourth-order valence-electron chi connectivity index (χ4n) is 6.25. The van der Waals surface area contributed by atoms with Gasteiger partial charge in [-0.05, 0) is 53.1 Å². The molecule has 0 bridgehead atoms. The van der Waals surface area contributed by atoms with Crippen LogP contribution in [-0.4, -0.2) is 22.2 Å². The zero-order valence-electron chi connectivity index (χ0n) is 21.2. The van der Waals surface area contributed by atoms with Crippen molar-refractivity contribution in [3.8, 4) is 11.1 Å². The Morgan fingerprint density at radius 1 is 0.658 bits per heavy atom. The maximum atomic E-state index is 13.2. The summed E-state index contributed by atoms with van der Waals surface area (Å²) in [5.74, 6) is -3.98. The van der Waals surface area contributed by atoms with Gasteiger partial charge in [-0.1, -0.05) is 121 Å². The SMILES string of the molecule is CC1=Cc2c(-c3ccccc3)cccc2C1(C(Cc1ccccc1)C(=O)O)C(Cc1ccccc1)C(=O)O. The largest absolute Gasteiger partial charge is 0.481 e. The first-order chi connectivity index (χ1) is 18.4. The summed E-state index contributed by atoms with van der Waals surface area (Å²) in [6.07, 6.45) is 2.45. The van der Waals surface area contributed by atoms with Gasteiger partial charge < -0.3 is 10.2 Å². The molecule has 2 unspecified atom stereocenters. The second kappa shape index (κ2) is 10.5. The second-order valence-electron chi connectivity index (χ2n) is 9.99. The maximum absolute atomic E-state index is 13.2. The average molecular weight is 503 g/mol. The van der Waals surface area contributed by atoms with Crippen LogP contribution in [0.25, 0.3) is 17.2 Å². The van der Waals surface area contributed by atoms with Crippen molar-refractivity contribution >= 4 is 18.0 Å². The number of hydrogen-bond donors (Lipinski definition) is 2. The number of rotatable bonds is 9. The Kier molecular flexibility index (Phi) is 6.97. The highest BCUT2D eigenvalue weighted by Crippen LogP contribution is 2.55. The maximum Gasteiger partial charge on any atom is 0.308 e. The Morgan fingerprint density at radius 3 is 1.61 bits per heavy atom. The van der Waals surface area contributed by atoms with Gasteiger partial charge in [0, 0.05) is 5.41 Å². The third kappa shape index (κ3) is 4.43. The van der Waals surface area contributed by atoms with Gasteiger partial charge in [0.05, 0.1) is 11.8 Å².